The summed E-state index contributed by atoms with van der Waals surface area (Å²) in [6.45, 7) is 7.20. The maximum absolute atomic E-state index is 14.4. The van der Waals surface area contributed by atoms with Crippen LogP contribution < -0.4 is 16.4 Å². The molecule has 0 aromatic rings. The van der Waals surface area contributed by atoms with Crippen molar-refractivity contribution in [3.8, 4) is 0 Å². The Hall–Kier alpha value is -3.36. The Morgan fingerprint density at radius 1 is 0.569 bits per heavy atom. The van der Waals surface area contributed by atoms with Crippen molar-refractivity contribution < 1.29 is 48.1 Å². The zero-order valence-corrected chi connectivity index (χ0v) is 42.0. The van der Waals surface area contributed by atoms with Gasteiger partial charge in [0.1, 0.15) is 24.7 Å². The van der Waals surface area contributed by atoms with E-state index >= 15 is 0 Å². The fourth-order valence-electron chi connectivity index (χ4n) is 7.68. The van der Waals surface area contributed by atoms with E-state index in [1.54, 1.807) is 0 Å². The Kier molecular flexibility index (Phi) is 39.9. The van der Waals surface area contributed by atoms with Crippen molar-refractivity contribution in [1.82, 2.24) is 15.5 Å². The number of hydrogen-bond donors (Lipinski definition) is 5. The molecule has 378 valence electrons. The number of carbonyl (C=O) groups is 7. The van der Waals surface area contributed by atoms with Gasteiger partial charge in [0, 0.05) is 31.4 Å². The van der Waals surface area contributed by atoms with E-state index in [0.717, 1.165) is 75.5 Å². The first-order chi connectivity index (χ1) is 31.3. The van der Waals surface area contributed by atoms with Crippen molar-refractivity contribution in [3.63, 3.8) is 0 Å². The number of nitrogens with one attached hydrogen (secondary N) is 2. The van der Waals surface area contributed by atoms with Gasteiger partial charge < -0.3 is 35.8 Å². The van der Waals surface area contributed by atoms with Gasteiger partial charge in [-0.3, -0.25) is 33.6 Å². The number of carbonyl (C=O) groups excluding carboxylic acids is 6. The van der Waals surface area contributed by atoms with Gasteiger partial charge in [0.15, 0.2) is 6.10 Å². The van der Waals surface area contributed by atoms with Crippen LogP contribution in [0.5, 0.6) is 0 Å². The van der Waals surface area contributed by atoms with Crippen LogP contribution in [0.1, 0.15) is 233 Å². The van der Waals surface area contributed by atoms with E-state index in [1.807, 2.05) is 0 Å². The third-order valence-electron chi connectivity index (χ3n) is 11.9. The molecule has 0 aliphatic heterocycles. The molecule has 0 spiro atoms. The minimum Gasteiger partial charge on any atom is -0.481 e. The number of rotatable bonds is 45. The van der Waals surface area contributed by atoms with Crippen molar-refractivity contribution in [2.45, 2.75) is 257 Å². The molecule has 0 aliphatic carbocycles. The SMILES string of the molecule is CCCCCCCCCCCC(=O)N[C@@H](CS)C(=O)N(C[C@H](COC(=O)CCCCCCCCCCC)OC(=O)CCCCCCCCCCC)[C@@H](C)C(=O)N[C@H](CCC(=O)O)C(N)=O. The molecule has 65 heavy (non-hydrogen) atoms. The zero-order valence-electron chi connectivity index (χ0n) is 41.2. The topological polar surface area (TPSA) is 212 Å². The molecule has 0 bridgehead atoms. The maximum atomic E-state index is 14.4. The normalized spacial score (nSPS) is 13.0. The molecule has 0 radical (unpaired) electrons. The van der Waals surface area contributed by atoms with Crippen molar-refractivity contribution in [3.05, 3.63) is 0 Å². The van der Waals surface area contributed by atoms with Crippen LogP contribution in [0.4, 0.5) is 0 Å². The summed E-state index contributed by atoms with van der Waals surface area (Å²) in [4.78, 5) is 92.2. The van der Waals surface area contributed by atoms with Gasteiger partial charge >= 0.3 is 17.9 Å². The van der Waals surface area contributed by atoms with E-state index in [9.17, 15) is 38.7 Å². The Morgan fingerprint density at radius 3 is 1.40 bits per heavy atom. The second-order valence-electron chi connectivity index (χ2n) is 17.9. The summed E-state index contributed by atoms with van der Waals surface area (Å²) in [5, 5.41) is 14.4. The van der Waals surface area contributed by atoms with Crippen LogP contribution in [-0.4, -0.2) is 94.7 Å². The number of esters is 2. The van der Waals surface area contributed by atoms with Crippen LogP contribution in [-0.2, 0) is 43.0 Å². The number of thiol groups is 1. The van der Waals surface area contributed by atoms with Crippen LogP contribution in [0.2, 0.25) is 0 Å². The zero-order chi connectivity index (χ0) is 48.5. The Bertz CT molecular complexity index is 1300. The van der Waals surface area contributed by atoms with Crippen LogP contribution in [0, 0.1) is 0 Å². The summed E-state index contributed by atoms with van der Waals surface area (Å²) in [6, 6.07) is -3.85. The number of carboxylic acids is 1. The van der Waals surface area contributed by atoms with Crippen molar-refractivity contribution >= 4 is 54.2 Å². The van der Waals surface area contributed by atoms with Crippen LogP contribution >= 0.6 is 12.6 Å². The number of carboxylic acid groups (broad SMARTS) is 1. The predicted molar refractivity (Wildman–Crippen MR) is 261 cm³/mol. The molecule has 0 saturated heterocycles. The quantitative estimate of drug-likeness (QED) is 0.0222. The standard InChI is InChI=1S/C50H92N4O10S/c1-5-8-11-14-17-20-23-26-29-32-44(55)52-43(39-65)50(62)54(40(4)49(61)53-42(48(51)60)35-36-45(56)57)37-41(64-47(59)34-31-28-25-22-19-16-13-10-7-3)38-63-46(58)33-30-27-24-21-18-15-12-9-6-2/h40-43,65H,5-39H2,1-4H3,(H2,51,60)(H,52,55)(H,53,61)(H,56,57)/t40-,41+,42+,43-/m0/s1. The van der Waals surface area contributed by atoms with Crippen LogP contribution in [0.15, 0.2) is 0 Å². The van der Waals surface area contributed by atoms with Gasteiger partial charge in [-0.05, 0) is 32.6 Å². The van der Waals surface area contributed by atoms with Crippen LogP contribution in [0.25, 0.3) is 0 Å². The molecule has 4 atom stereocenters. The molecular weight excluding hydrogens is 849 g/mol. The summed E-state index contributed by atoms with van der Waals surface area (Å²) >= 11 is 4.38. The average Bonchev–Trinajstić information content (AvgIpc) is 3.27. The van der Waals surface area contributed by atoms with E-state index in [0.29, 0.717) is 19.3 Å². The Balaban J connectivity index is 6.09. The van der Waals surface area contributed by atoms with Crippen molar-refractivity contribution in [1.29, 1.82) is 0 Å². The highest BCUT2D eigenvalue weighted by Crippen LogP contribution is 2.16. The van der Waals surface area contributed by atoms with Crippen molar-refractivity contribution in [2.75, 3.05) is 18.9 Å². The third-order valence-corrected chi connectivity index (χ3v) is 12.2. The molecular formula is C50H92N4O10S. The lowest BCUT2D eigenvalue weighted by molar-refractivity contribution is -0.163. The second-order valence-corrected chi connectivity index (χ2v) is 18.3. The van der Waals surface area contributed by atoms with E-state index < -0.39 is 72.8 Å². The number of primary amides is 1. The lowest BCUT2D eigenvalue weighted by Gasteiger charge is -2.34. The highest BCUT2D eigenvalue weighted by atomic mass is 32.1. The molecule has 0 rings (SSSR count). The van der Waals surface area contributed by atoms with E-state index in [4.69, 9.17) is 15.2 Å². The van der Waals surface area contributed by atoms with Crippen molar-refractivity contribution in [2.24, 2.45) is 5.73 Å². The molecule has 0 aromatic carbocycles. The predicted octanol–water partition coefficient (Wildman–Crippen LogP) is 9.67. The first kappa shape index (κ1) is 61.6. The van der Waals surface area contributed by atoms with E-state index in [1.165, 1.54) is 90.4 Å². The van der Waals surface area contributed by atoms with Crippen LogP contribution in [0.3, 0.4) is 0 Å². The molecule has 15 heteroatoms. The van der Waals surface area contributed by atoms with E-state index in [-0.39, 0.29) is 44.0 Å². The molecule has 0 fully saturated rings. The first-order valence-corrected chi connectivity index (χ1v) is 26.3. The third kappa shape index (κ3) is 34.6. The van der Waals surface area contributed by atoms with Gasteiger partial charge in [-0.25, -0.2) is 0 Å². The average molecular weight is 941 g/mol. The molecule has 4 amide bonds. The number of nitrogens with two attached hydrogens (primary N) is 1. The van der Waals surface area contributed by atoms with Gasteiger partial charge in [-0.2, -0.15) is 12.6 Å². The molecule has 0 heterocycles. The highest BCUT2D eigenvalue weighted by molar-refractivity contribution is 7.80. The molecule has 0 aliphatic rings. The minimum absolute atomic E-state index is 0.112. The first-order valence-electron chi connectivity index (χ1n) is 25.7. The molecule has 0 unspecified atom stereocenters. The lowest BCUT2D eigenvalue weighted by atomic mass is 10.1. The summed E-state index contributed by atoms with van der Waals surface area (Å²) in [6.07, 6.45) is 27.5. The number of aliphatic carboxylic acids is 1. The summed E-state index contributed by atoms with van der Waals surface area (Å²) in [5.74, 6) is -5.16. The molecule has 0 aromatic heterocycles. The Morgan fingerprint density at radius 2 is 0.985 bits per heavy atom. The number of amides is 4. The molecule has 0 saturated carbocycles. The smallest absolute Gasteiger partial charge is 0.306 e. The molecule has 5 N–H and O–H groups in total. The maximum Gasteiger partial charge on any atom is 0.306 e. The highest BCUT2D eigenvalue weighted by Gasteiger charge is 2.36. The fourth-order valence-corrected chi connectivity index (χ4v) is 7.93. The van der Waals surface area contributed by atoms with Gasteiger partial charge in [0.25, 0.3) is 0 Å². The molecule has 14 nitrogen and oxygen atoms in total. The lowest BCUT2D eigenvalue weighted by Crippen LogP contribution is -2.59. The number of hydrogen-bond acceptors (Lipinski definition) is 10. The largest absolute Gasteiger partial charge is 0.481 e. The Labute approximate surface area is 398 Å². The van der Waals surface area contributed by atoms with Gasteiger partial charge in [0.05, 0.1) is 6.54 Å². The monoisotopic (exact) mass is 941 g/mol. The van der Waals surface area contributed by atoms with Gasteiger partial charge in [-0.15, -0.1) is 0 Å². The van der Waals surface area contributed by atoms with Gasteiger partial charge in [-0.1, -0.05) is 175 Å². The number of nitrogens with zero attached hydrogens (tertiary/aromatic N) is 1. The number of ether oxygens (including phenoxy) is 2. The number of unbranched alkanes of at least 4 members (excludes halogenated alkanes) is 24. The van der Waals surface area contributed by atoms with Gasteiger partial charge in [0.2, 0.25) is 23.6 Å². The second kappa shape index (κ2) is 42.0. The summed E-state index contributed by atoms with van der Waals surface area (Å²) in [7, 11) is 0. The minimum atomic E-state index is -1.35. The fraction of sp³-hybridized carbons (Fsp3) is 0.860. The summed E-state index contributed by atoms with van der Waals surface area (Å²) in [5.41, 5.74) is 5.51. The summed E-state index contributed by atoms with van der Waals surface area (Å²) < 4.78 is 11.5. The van der Waals surface area contributed by atoms with E-state index in [2.05, 4.69) is 44.0 Å².